The third kappa shape index (κ3) is 16.1. The summed E-state index contributed by atoms with van der Waals surface area (Å²) in [5.74, 6) is 0.0381. The molecule has 0 aromatic rings. The Labute approximate surface area is 154 Å². The van der Waals surface area contributed by atoms with E-state index in [1.165, 1.54) is 6.92 Å². The van der Waals surface area contributed by atoms with E-state index < -0.39 is 11.1 Å². The van der Waals surface area contributed by atoms with Gasteiger partial charge in [0.15, 0.2) is 5.78 Å². The highest BCUT2D eigenvalue weighted by atomic mass is 16.1. The van der Waals surface area contributed by atoms with E-state index in [-0.39, 0.29) is 30.4 Å². The molecule has 3 N–H and O–H groups in total. The predicted octanol–water partition coefficient (Wildman–Crippen LogP) is 2.11. The number of likely N-dealkylation sites (N-methyl/N-ethyl adjacent to an activating group) is 1. The molecular weight excluding hydrogens is 318 g/mol. The third-order valence-electron chi connectivity index (χ3n) is 3.22. The minimum absolute atomic E-state index is 0.0122. The van der Waals surface area contributed by atoms with Crippen LogP contribution in [0.25, 0.3) is 0 Å². The molecule has 0 saturated carbocycles. The van der Waals surface area contributed by atoms with Gasteiger partial charge in [0.25, 0.3) is 0 Å². The van der Waals surface area contributed by atoms with Crippen LogP contribution in [0.2, 0.25) is 0 Å². The summed E-state index contributed by atoms with van der Waals surface area (Å²) < 4.78 is 0. The van der Waals surface area contributed by atoms with E-state index in [1.807, 2.05) is 41.5 Å². The molecule has 0 rings (SSSR count). The normalized spacial score (nSPS) is 10.8. The van der Waals surface area contributed by atoms with Crippen LogP contribution in [0, 0.1) is 0 Å². The van der Waals surface area contributed by atoms with Crippen molar-refractivity contribution in [3.05, 3.63) is 0 Å². The molecule has 0 heterocycles. The van der Waals surface area contributed by atoms with E-state index in [2.05, 4.69) is 16.0 Å². The van der Waals surface area contributed by atoms with Gasteiger partial charge in [0.1, 0.15) is 11.6 Å². The molecule has 0 aromatic heterocycles. The van der Waals surface area contributed by atoms with Crippen LogP contribution in [0.1, 0.15) is 68.7 Å². The molecule has 0 radical (unpaired) electrons. The number of carbonyl (C=O) groups is 3. The Morgan fingerprint density at radius 1 is 0.800 bits per heavy atom. The van der Waals surface area contributed by atoms with Crippen molar-refractivity contribution in [1.82, 2.24) is 16.0 Å². The molecule has 0 amide bonds. The molecule has 0 spiro atoms. The Bertz CT molecular complexity index is 391. The Hall–Kier alpha value is -1.11. The lowest BCUT2D eigenvalue weighted by atomic mass is 9.94. The van der Waals surface area contributed by atoms with E-state index in [0.717, 1.165) is 0 Å². The number of nitrogens with one attached hydrogen (secondary N) is 3. The lowest BCUT2D eigenvalue weighted by Gasteiger charge is -2.29. The highest BCUT2D eigenvalue weighted by molar-refractivity contribution is 5.90. The van der Waals surface area contributed by atoms with Crippen molar-refractivity contribution < 1.29 is 14.4 Å². The molecule has 0 bridgehead atoms. The molecule has 0 aliphatic carbocycles. The van der Waals surface area contributed by atoms with Gasteiger partial charge in [0, 0.05) is 12.0 Å². The largest absolute Gasteiger partial charge is 0.313 e. The Balaban J connectivity index is -0.00000112. The van der Waals surface area contributed by atoms with Gasteiger partial charge in [-0.15, -0.1) is 0 Å². The van der Waals surface area contributed by atoms with Gasteiger partial charge in [0.2, 0.25) is 0 Å². The molecule has 6 nitrogen and oxygen atoms in total. The third-order valence-corrected chi connectivity index (χ3v) is 3.22. The molecule has 25 heavy (non-hydrogen) atoms. The smallest absolute Gasteiger partial charge is 0.166 e. The first-order valence-electron chi connectivity index (χ1n) is 9.19. The number of hydrogen-bond donors (Lipinski definition) is 3. The molecule has 0 atom stereocenters. The molecule has 6 heteroatoms. The molecule has 0 fully saturated rings. The summed E-state index contributed by atoms with van der Waals surface area (Å²) in [5.41, 5.74) is -1.22. The van der Waals surface area contributed by atoms with Gasteiger partial charge in [-0.05, 0) is 41.7 Å². The summed E-state index contributed by atoms with van der Waals surface area (Å²) in [4.78, 5) is 34.8. The fourth-order valence-corrected chi connectivity index (χ4v) is 1.80. The maximum absolute atomic E-state index is 12.2. The van der Waals surface area contributed by atoms with Gasteiger partial charge in [-0.25, -0.2) is 0 Å². The highest BCUT2D eigenvalue weighted by Crippen LogP contribution is 2.10. The fourth-order valence-electron chi connectivity index (χ4n) is 1.80. The zero-order chi connectivity index (χ0) is 20.7. The molecule has 0 aliphatic heterocycles. The topological polar surface area (TPSA) is 87.3 Å². The fraction of sp³-hybridized carbons (Fsp3) is 0.842. The second kappa shape index (κ2) is 15.2. The summed E-state index contributed by atoms with van der Waals surface area (Å²) in [6, 6.07) is 0. The second-order valence-electron chi connectivity index (χ2n) is 6.59. The number of ketones is 3. The van der Waals surface area contributed by atoms with E-state index in [9.17, 15) is 14.4 Å². The van der Waals surface area contributed by atoms with E-state index in [0.29, 0.717) is 13.0 Å². The first kappa shape index (κ1) is 28.7. The van der Waals surface area contributed by atoms with Crippen molar-refractivity contribution in [2.45, 2.75) is 79.8 Å². The van der Waals surface area contributed by atoms with Crippen LogP contribution in [0.3, 0.4) is 0 Å². The van der Waals surface area contributed by atoms with Gasteiger partial charge < -0.3 is 10.6 Å². The van der Waals surface area contributed by atoms with Crippen LogP contribution in [0.4, 0.5) is 0 Å². The van der Waals surface area contributed by atoms with Crippen molar-refractivity contribution >= 4 is 17.3 Å². The molecule has 150 valence electrons. The van der Waals surface area contributed by atoms with E-state index in [4.69, 9.17) is 0 Å². The maximum atomic E-state index is 12.2. The van der Waals surface area contributed by atoms with Crippen LogP contribution in [0.5, 0.6) is 0 Å². The minimum Gasteiger partial charge on any atom is -0.313 e. The Morgan fingerprint density at radius 2 is 1.28 bits per heavy atom. The highest BCUT2D eigenvalue weighted by Gasteiger charge is 2.29. The average Bonchev–Trinajstić information content (AvgIpc) is 2.54. The van der Waals surface area contributed by atoms with Crippen LogP contribution in [0.15, 0.2) is 0 Å². The zero-order valence-corrected chi connectivity index (χ0v) is 18.1. The molecule has 0 unspecified atom stereocenters. The zero-order valence-electron chi connectivity index (χ0n) is 18.1. The lowest BCUT2D eigenvalue weighted by Crippen LogP contribution is -2.54. The summed E-state index contributed by atoms with van der Waals surface area (Å²) in [6.45, 7) is 17.4. The molecule has 0 saturated heterocycles. The van der Waals surface area contributed by atoms with E-state index >= 15 is 0 Å². The molecule has 0 aromatic carbocycles. The lowest BCUT2D eigenvalue weighted by molar-refractivity contribution is -0.125. The summed E-state index contributed by atoms with van der Waals surface area (Å²) in [7, 11) is 1.73. The number of hydrogen-bond acceptors (Lipinski definition) is 6. The predicted molar refractivity (Wildman–Crippen MR) is 106 cm³/mol. The summed E-state index contributed by atoms with van der Waals surface area (Å²) in [6.07, 6.45) is 0.350. The average molecular weight is 360 g/mol. The van der Waals surface area contributed by atoms with Crippen LogP contribution < -0.4 is 16.0 Å². The van der Waals surface area contributed by atoms with Gasteiger partial charge >= 0.3 is 0 Å². The second-order valence-corrected chi connectivity index (χ2v) is 6.59. The van der Waals surface area contributed by atoms with Crippen LogP contribution >= 0.6 is 0 Å². The van der Waals surface area contributed by atoms with Crippen molar-refractivity contribution in [3.63, 3.8) is 0 Å². The van der Waals surface area contributed by atoms with Crippen LogP contribution in [-0.4, -0.2) is 55.1 Å². The number of rotatable bonds is 11. The molecule has 0 aliphatic rings. The number of carbonyl (C=O) groups excluding carboxylic acids is 3. The van der Waals surface area contributed by atoms with Gasteiger partial charge in [0.05, 0.1) is 25.2 Å². The Kier molecular flexibility index (Phi) is 17.4. The minimum atomic E-state index is -0.774. The Morgan fingerprint density at radius 3 is 1.68 bits per heavy atom. The SMILES string of the molecule is CC.CC.CNCC(=O)CC(C)(C)NCC(=O)C(C)(C)NCC(C)=O. The van der Waals surface area contributed by atoms with Crippen molar-refractivity contribution in [3.8, 4) is 0 Å². The van der Waals surface area contributed by atoms with Crippen LogP contribution in [-0.2, 0) is 14.4 Å². The quantitative estimate of drug-likeness (QED) is 0.524. The first-order valence-corrected chi connectivity index (χ1v) is 9.19. The standard InChI is InChI=1S/C15H29N3O3.2C2H6/c1-11(19)8-18-15(4,5)13(21)10-17-14(2,3)7-12(20)9-16-6;2*1-2/h16-18H,7-10H2,1-6H3;2*1-2H3. The van der Waals surface area contributed by atoms with Crippen molar-refractivity contribution in [2.75, 3.05) is 26.7 Å². The summed E-state index contributed by atoms with van der Waals surface area (Å²) >= 11 is 0. The van der Waals surface area contributed by atoms with Gasteiger partial charge in [-0.3, -0.25) is 19.7 Å². The first-order chi connectivity index (χ1) is 11.5. The summed E-state index contributed by atoms with van der Waals surface area (Å²) in [5, 5.41) is 8.88. The van der Waals surface area contributed by atoms with Crippen molar-refractivity contribution in [2.24, 2.45) is 0 Å². The molecular formula is C19H41N3O3. The monoisotopic (exact) mass is 359 g/mol. The van der Waals surface area contributed by atoms with E-state index in [1.54, 1.807) is 20.9 Å². The van der Waals surface area contributed by atoms with Gasteiger partial charge in [-0.2, -0.15) is 0 Å². The maximum Gasteiger partial charge on any atom is 0.166 e. The van der Waals surface area contributed by atoms with Crippen molar-refractivity contribution in [1.29, 1.82) is 0 Å². The number of Topliss-reactive ketones (excluding diaryl/α,β-unsaturated/α-hetero) is 3. The van der Waals surface area contributed by atoms with Gasteiger partial charge in [-0.1, -0.05) is 27.7 Å².